The van der Waals surface area contributed by atoms with Gasteiger partial charge in [0.1, 0.15) is 0 Å². The summed E-state index contributed by atoms with van der Waals surface area (Å²) < 4.78 is 3.77. The van der Waals surface area contributed by atoms with Gasteiger partial charge >= 0.3 is 6.03 Å². The standard InChI is InChI=1S/C22H30N6O/c1-15(11-21-17(3)26-27(5)18(21)4)24-22(29)25-16(2)20-12-23-28(14-20)13-19-9-7-6-8-10-19/h6-10,12,14-16H,11,13H2,1-5H3,(H2,24,25,29)/t15-,16+/m0/s1. The molecule has 0 aliphatic rings. The summed E-state index contributed by atoms with van der Waals surface area (Å²) in [5, 5.41) is 14.9. The van der Waals surface area contributed by atoms with Gasteiger partial charge < -0.3 is 10.6 Å². The van der Waals surface area contributed by atoms with E-state index >= 15 is 0 Å². The summed E-state index contributed by atoms with van der Waals surface area (Å²) in [7, 11) is 1.94. The number of hydrogen-bond donors (Lipinski definition) is 2. The molecule has 0 saturated heterocycles. The summed E-state index contributed by atoms with van der Waals surface area (Å²) in [6.45, 7) is 8.74. The number of carbonyl (C=O) groups excluding carboxylic acids is 1. The summed E-state index contributed by atoms with van der Waals surface area (Å²) in [5.41, 5.74) is 5.50. The Bertz CT molecular complexity index is 959. The molecule has 2 atom stereocenters. The summed E-state index contributed by atoms with van der Waals surface area (Å²) in [6.07, 6.45) is 4.53. The lowest BCUT2D eigenvalue weighted by atomic mass is 10.1. The molecule has 0 fully saturated rings. The van der Waals surface area contributed by atoms with Crippen molar-refractivity contribution in [3.05, 3.63) is 70.8 Å². The molecule has 1 aromatic carbocycles. The van der Waals surface area contributed by atoms with Crippen molar-refractivity contribution in [1.82, 2.24) is 30.2 Å². The average molecular weight is 395 g/mol. The van der Waals surface area contributed by atoms with Crippen LogP contribution in [0.3, 0.4) is 0 Å². The molecule has 0 saturated carbocycles. The first-order chi connectivity index (χ1) is 13.8. The van der Waals surface area contributed by atoms with Gasteiger partial charge in [-0.05, 0) is 45.2 Å². The lowest BCUT2D eigenvalue weighted by molar-refractivity contribution is 0.234. The van der Waals surface area contributed by atoms with Crippen LogP contribution in [0.4, 0.5) is 4.79 Å². The monoisotopic (exact) mass is 394 g/mol. The van der Waals surface area contributed by atoms with Gasteiger partial charge in [-0.25, -0.2) is 4.79 Å². The molecule has 0 aliphatic carbocycles. The molecule has 7 nitrogen and oxygen atoms in total. The summed E-state index contributed by atoms with van der Waals surface area (Å²) >= 11 is 0. The van der Waals surface area contributed by atoms with Crippen LogP contribution in [-0.4, -0.2) is 31.6 Å². The number of amides is 2. The minimum atomic E-state index is -0.181. The number of benzene rings is 1. The van der Waals surface area contributed by atoms with Gasteiger partial charge in [0.25, 0.3) is 0 Å². The summed E-state index contributed by atoms with van der Waals surface area (Å²) in [6, 6.07) is 9.87. The van der Waals surface area contributed by atoms with Crippen LogP contribution in [0.2, 0.25) is 0 Å². The number of nitrogens with zero attached hydrogens (tertiary/aromatic N) is 4. The van der Waals surface area contributed by atoms with E-state index in [0.29, 0.717) is 6.54 Å². The number of rotatable bonds is 7. The molecule has 2 aromatic heterocycles. The van der Waals surface area contributed by atoms with Crippen LogP contribution in [0.25, 0.3) is 0 Å². The van der Waals surface area contributed by atoms with Gasteiger partial charge in [0, 0.05) is 30.5 Å². The molecule has 0 radical (unpaired) electrons. The van der Waals surface area contributed by atoms with Gasteiger partial charge in [-0.3, -0.25) is 9.36 Å². The van der Waals surface area contributed by atoms with E-state index in [2.05, 4.69) is 39.9 Å². The summed E-state index contributed by atoms with van der Waals surface area (Å²) in [4.78, 5) is 12.4. The third kappa shape index (κ3) is 5.25. The third-order valence-corrected chi connectivity index (χ3v) is 5.23. The molecule has 0 aliphatic heterocycles. The molecule has 3 aromatic rings. The largest absolute Gasteiger partial charge is 0.335 e. The van der Waals surface area contributed by atoms with Crippen LogP contribution in [0, 0.1) is 13.8 Å². The topological polar surface area (TPSA) is 76.8 Å². The minimum Gasteiger partial charge on any atom is -0.335 e. The Morgan fingerprint density at radius 3 is 2.52 bits per heavy atom. The maximum atomic E-state index is 12.4. The highest BCUT2D eigenvalue weighted by Crippen LogP contribution is 2.15. The van der Waals surface area contributed by atoms with Crippen LogP contribution >= 0.6 is 0 Å². The molecule has 0 unspecified atom stereocenters. The molecular weight excluding hydrogens is 364 g/mol. The number of hydrogen-bond acceptors (Lipinski definition) is 3. The number of carbonyl (C=O) groups is 1. The number of aromatic nitrogens is 4. The predicted molar refractivity (Wildman–Crippen MR) is 114 cm³/mol. The van der Waals surface area contributed by atoms with Crippen molar-refractivity contribution in [2.75, 3.05) is 0 Å². The molecule has 2 amide bonds. The molecular formula is C22H30N6O. The van der Waals surface area contributed by atoms with Crippen LogP contribution < -0.4 is 10.6 Å². The second-order valence-electron chi connectivity index (χ2n) is 7.67. The second-order valence-corrected chi connectivity index (χ2v) is 7.67. The van der Waals surface area contributed by atoms with Crippen molar-refractivity contribution in [3.63, 3.8) is 0 Å². The van der Waals surface area contributed by atoms with E-state index in [1.807, 2.05) is 61.6 Å². The van der Waals surface area contributed by atoms with Gasteiger partial charge in [-0.15, -0.1) is 0 Å². The lowest BCUT2D eigenvalue weighted by Crippen LogP contribution is -2.42. The highest BCUT2D eigenvalue weighted by molar-refractivity contribution is 5.74. The van der Waals surface area contributed by atoms with Gasteiger partial charge in [0.05, 0.1) is 24.5 Å². The fourth-order valence-corrected chi connectivity index (χ4v) is 3.48. The van der Waals surface area contributed by atoms with Gasteiger partial charge in [0.15, 0.2) is 0 Å². The Morgan fingerprint density at radius 2 is 1.86 bits per heavy atom. The normalized spacial score (nSPS) is 13.1. The maximum absolute atomic E-state index is 12.4. The first-order valence-corrected chi connectivity index (χ1v) is 9.96. The molecule has 3 rings (SSSR count). The molecule has 2 heterocycles. The van der Waals surface area contributed by atoms with Crippen molar-refractivity contribution in [2.45, 2.75) is 52.7 Å². The minimum absolute atomic E-state index is 0.00426. The highest BCUT2D eigenvalue weighted by atomic mass is 16.2. The van der Waals surface area contributed by atoms with Crippen LogP contribution in [0.1, 0.15) is 48.0 Å². The maximum Gasteiger partial charge on any atom is 0.315 e. The SMILES string of the molecule is Cc1nn(C)c(C)c1C[C@H](C)NC(=O)N[C@H](C)c1cnn(Cc2ccccc2)c1. The number of aryl methyl sites for hydroxylation is 2. The van der Waals surface area contributed by atoms with Gasteiger partial charge in [-0.1, -0.05) is 30.3 Å². The van der Waals surface area contributed by atoms with Crippen molar-refractivity contribution in [2.24, 2.45) is 7.05 Å². The van der Waals surface area contributed by atoms with Crippen molar-refractivity contribution >= 4 is 6.03 Å². The molecule has 29 heavy (non-hydrogen) atoms. The Hall–Kier alpha value is -3.09. The van der Waals surface area contributed by atoms with Crippen LogP contribution in [0.15, 0.2) is 42.7 Å². The highest BCUT2D eigenvalue weighted by Gasteiger charge is 2.16. The quantitative estimate of drug-likeness (QED) is 0.646. The fraction of sp³-hybridized carbons (Fsp3) is 0.409. The number of urea groups is 1. The zero-order chi connectivity index (χ0) is 21.0. The fourth-order valence-electron chi connectivity index (χ4n) is 3.48. The second kappa shape index (κ2) is 8.94. The Morgan fingerprint density at radius 1 is 1.14 bits per heavy atom. The first kappa shape index (κ1) is 20.6. The predicted octanol–water partition coefficient (Wildman–Crippen LogP) is 3.27. The molecule has 0 bridgehead atoms. The lowest BCUT2D eigenvalue weighted by Gasteiger charge is -2.18. The van der Waals surface area contributed by atoms with Crippen molar-refractivity contribution < 1.29 is 4.79 Å². The van der Waals surface area contributed by atoms with Gasteiger partial charge in [0.2, 0.25) is 0 Å². The van der Waals surface area contributed by atoms with E-state index in [0.717, 1.165) is 23.4 Å². The number of nitrogens with one attached hydrogen (secondary N) is 2. The third-order valence-electron chi connectivity index (χ3n) is 5.23. The smallest absolute Gasteiger partial charge is 0.315 e. The van der Waals surface area contributed by atoms with Crippen LogP contribution in [-0.2, 0) is 20.0 Å². The molecule has 2 N–H and O–H groups in total. The van der Waals surface area contributed by atoms with E-state index < -0.39 is 0 Å². The molecule has 0 spiro atoms. The Labute approximate surface area is 172 Å². The first-order valence-electron chi connectivity index (χ1n) is 9.96. The average Bonchev–Trinajstić information content (AvgIpc) is 3.23. The van der Waals surface area contributed by atoms with E-state index in [4.69, 9.17) is 0 Å². The molecule has 154 valence electrons. The van der Waals surface area contributed by atoms with E-state index in [-0.39, 0.29) is 18.1 Å². The van der Waals surface area contributed by atoms with Crippen LogP contribution in [0.5, 0.6) is 0 Å². The summed E-state index contributed by atoms with van der Waals surface area (Å²) in [5.74, 6) is 0. The van der Waals surface area contributed by atoms with Gasteiger partial charge in [-0.2, -0.15) is 10.2 Å². The molecule has 7 heteroatoms. The van der Waals surface area contributed by atoms with E-state index in [1.54, 1.807) is 6.20 Å². The Kier molecular flexibility index (Phi) is 6.36. The zero-order valence-electron chi connectivity index (χ0n) is 17.8. The van der Waals surface area contributed by atoms with E-state index in [9.17, 15) is 4.79 Å². The Balaban J connectivity index is 1.52. The van der Waals surface area contributed by atoms with Crippen molar-refractivity contribution in [3.8, 4) is 0 Å². The van der Waals surface area contributed by atoms with Crippen molar-refractivity contribution in [1.29, 1.82) is 0 Å². The zero-order valence-corrected chi connectivity index (χ0v) is 17.8. The van der Waals surface area contributed by atoms with E-state index in [1.165, 1.54) is 11.1 Å².